The summed E-state index contributed by atoms with van der Waals surface area (Å²) in [6.45, 7) is -0.159. The molecule has 0 aliphatic carbocycles. The number of hydrogen-bond donors (Lipinski definition) is 1. The standard InChI is InChI=1S/C23H18ClN3O3/c24-17-8-6-7-16(13-17)14-27-22(29)19-11-4-5-12-20(19)26(23(27)30)15-21(28)25-18-9-2-1-3-10-18/h1-13H,14-15H2,(H,25,28). The minimum absolute atomic E-state index is 0.0589. The molecule has 6 nitrogen and oxygen atoms in total. The average molecular weight is 420 g/mol. The van der Waals surface area contributed by atoms with E-state index in [2.05, 4.69) is 5.32 Å². The van der Waals surface area contributed by atoms with Crippen molar-refractivity contribution in [2.45, 2.75) is 13.1 Å². The first-order valence-corrected chi connectivity index (χ1v) is 9.72. The molecule has 0 fully saturated rings. The lowest BCUT2D eigenvalue weighted by molar-refractivity contribution is -0.116. The third-order valence-electron chi connectivity index (χ3n) is 4.72. The van der Waals surface area contributed by atoms with Crippen LogP contribution in [0.25, 0.3) is 10.9 Å². The number of rotatable bonds is 5. The monoisotopic (exact) mass is 419 g/mol. The van der Waals surface area contributed by atoms with Crippen LogP contribution >= 0.6 is 11.6 Å². The van der Waals surface area contributed by atoms with E-state index in [1.54, 1.807) is 60.7 Å². The van der Waals surface area contributed by atoms with E-state index in [-0.39, 0.29) is 19.0 Å². The summed E-state index contributed by atoms with van der Waals surface area (Å²) in [5.74, 6) is -0.360. The van der Waals surface area contributed by atoms with Crippen molar-refractivity contribution in [2.75, 3.05) is 5.32 Å². The normalized spacial score (nSPS) is 10.8. The van der Waals surface area contributed by atoms with Gasteiger partial charge in [0, 0.05) is 10.7 Å². The highest BCUT2D eigenvalue weighted by molar-refractivity contribution is 6.30. The Hall–Kier alpha value is -3.64. The van der Waals surface area contributed by atoms with E-state index in [0.717, 1.165) is 10.1 Å². The SMILES string of the molecule is O=C(Cn1c(=O)n(Cc2cccc(Cl)c2)c(=O)c2ccccc21)Nc1ccccc1. The number of carbonyl (C=O) groups excluding carboxylic acids is 1. The molecule has 0 atom stereocenters. The Morgan fingerprint density at radius 2 is 1.60 bits per heavy atom. The number of para-hydroxylation sites is 2. The molecule has 1 heterocycles. The van der Waals surface area contributed by atoms with E-state index in [4.69, 9.17) is 11.6 Å². The third kappa shape index (κ3) is 4.04. The van der Waals surface area contributed by atoms with Gasteiger partial charge in [0.25, 0.3) is 5.56 Å². The predicted octanol–water partition coefficient (Wildman–Crippen LogP) is 3.50. The van der Waals surface area contributed by atoms with Crippen LogP contribution in [0.3, 0.4) is 0 Å². The van der Waals surface area contributed by atoms with Gasteiger partial charge in [0.2, 0.25) is 5.91 Å². The quantitative estimate of drug-likeness (QED) is 0.538. The van der Waals surface area contributed by atoms with E-state index < -0.39 is 11.2 Å². The van der Waals surface area contributed by atoms with Crippen LogP contribution in [0.2, 0.25) is 5.02 Å². The molecule has 0 aliphatic heterocycles. The Morgan fingerprint density at radius 1 is 0.867 bits per heavy atom. The van der Waals surface area contributed by atoms with Gasteiger partial charge in [-0.05, 0) is 42.0 Å². The fourth-order valence-corrected chi connectivity index (χ4v) is 3.56. The highest BCUT2D eigenvalue weighted by Gasteiger charge is 2.15. The molecule has 0 bridgehead atoms. The van der Waals surface area contributed by atoms with Gasteiger partial charge in [0.15, 0.2) is 0 Å². The molecule has 0 saturated heterocycles. The van der Waals surface area contributed by atoms with Crippen LogP contribution in [0.4, 0.5) is 5.69 Å². The fraction of sp³-hybridized carbons (Fsp3) is 0.0870. The van der Waals surface area contributed by atoms with Gasteiger partial charge in [0.1, 0.15) is 6.54 Å². The largest absolute Gasteiger partial charge is 0.332 e. The summed E-state index contributed by atoms with van der Waals surface area (Å²) in [5, 5.41) is 3.65. The van der Waals surface area contributed by atoms with Crippen LogP contribution in [-0.2, 0) is 17.9 Å². The summed E-state index contributed by atoms with van der Waals surface area (Å²) in [6.07, 6.45) is 0. The molecule has 1 aromatic heterocycles. The average Bonchev–Trinajstić information content (AvgIpc) is 2.75. The zero-order valence-electron chi connectivity index (χ0n) is 15.9. The van der Waals surface area contributed by atoms with Crippen molar-refractivity contribution in [2.24, 2.45) is 0 Å². The van der Waals surface area contributed by atoms with Gasteiger partial charge in [-0.25, -0.2) is 4.79 Å². The molecule has 0 radical (unpaired) electrons. The molecule has 4 aromatic rings. The maximum atomic E-state index is 13.2. The molecule has 1 amide bonds. The molecular weight excluding hydrogens is 402 g/mol. The number of fused-ring (bicyclic) bond motifs is 1. The van der Waals surface area contributed by atoms with Crippen molar-refractivity contribution >= 4 is 34.1 Å². The Morgan fingerprint density at radius 3 is 2.37 bits per heavy atom. The number of amides is 1. The maximum Gasteiger partial charge on any atom is 0.332 e. The third-order valence-corrected chi connectivity index (χ3v) is 4.96. The lowest BCUT2D eigenvalue weighted by atomic mass is 10.2. The lowest BCUT2D eigenvalue weighted by Gasteiger charge is -2.14. The van der Waals surface area contributed by atoms with E-state index in [1.165, 1.54) is 4.57 Å². The molecule has 30 heavy (non-hydrogen) atoms. The molecule has 7 heteroatoms. The molecule has 0 spiro atoms. The molecule has 0 aliphatic rings. The predicted molar refractivity (Wildman–Crippen MR) is 118 cm³/mol. The summed E-state index contributed by atoms with van der Waals surface area (Å²) in [4.78, 5) is 38.8. The Bertz CT molecular complexity index is 1340. The first-order valence-electron chi connectivity index (χ1n) is 9.34. The fourth-order valence-electron chi connectivity index (χ4n) is 3.35. The maximum absolute atomic E-state index is 13.2. The highest BCUT2D eigenvalue weighted by atomic mass is 35.5. The van der Waals surface area contributed by atoms with Crippen molar-refractivity contribution in [3.8, 4) is 0 Å². The van der Waals surface area contributed by atoms with Gasteiger partial charge in [-0.2, -0.15) is 0 Å². The zero-order valence-corrected chi connectivity index (χ0v) is 16.7. The van der Waals surface area contributed by atoms with Crippen LogP contribution in [0.15, 0.2) is 88.5 Å². The van der Waals surface area contributed by atoms with E-state index >= 15 is 0 Å². The van der Waals surface area contributed by atoms with Gasteiger partial charge in [-0.15, -0.1) is 0 Å². The van der Waals surface area contributed by atoms with E-state index in [9.17, 15) is 14.4 Å². The molecule has 4 rings (SSSR count). The first-order chi connectivity index (χ1) is 14.5. The second-order valence-corrected chi connectivity index (χ2v) is 7.26. The van der Waals surface area contributed by atoms with Crippen LogP contribution in [0.1, 0.15) is 5.56 Å². The summed E-state index contributed by atoms with van der Waals surface area (Å²) >= 11 is 6.04. The van der Waals surface area contributed by atoms with Crippen LogP contribution in [-0.4, -0.2) is 15.0 Å². The van der Waals surface area contributed by atoms with Crippen LogP contribution in [0.5, 0.6) is 0 Å². The minimum Gasteiger partial charge on any atom is -0.325 e. The second kappa shape index (κ2) is 8.39. The van der Waals surface area contributed by atoms with Crippen molar-refractivity contribution in [1.82, 2.24) is 9.13 Å². The Kier molecular flexibility index (Phi) is 5.50. The second-order valence-electron chi connectivity index (χ2n) is 6.82. The van der Waals surface area contributed by atoms with Crippen molar-refractivity contribution in [3.63, 3.8) is 0 Å². The summed E-state index contributed by atoms with van der Waals surface area (Å²) < 4.78 is 2.45. The highest BCUT2D eigenvalue weighted by Crippen LogP contribution is 2.13. The Balaban J connectivity index is 1.77. The summed E-state index contributed by atoms with van der Waals surface area (Å²) in [6, 6.07) is 22.7. The first kappa shape index (κ1) is 19.7. The number of aromatic nitrogens is 2. The smallest absolute Gasteiger partial charge is 0.325 e. The number of anilines is 1. The lowest BCUT2D eigenvalue weighted by Crippen LogP contribution is -2.42. The van der Waals surface area contributed by atoms with E-state index in [0.29, 0.717) is 21.6 Å². The number of halogens is 1. The van der Waals surface area contributed by atoms with E-state index in [1.807, 2.05) is 18.2 Å². The van der Waals surface area contributed by atoms with Gasteiger partial charge >= 0.3 is 5.69 Å². The number of hydrogen-bond acceptors (Lipinski definition) is 3. The molecule has 0 saturated carbocycles. The zero-order chi connectivity index (χ0) is 21.1. The summed E-state index contributed by atoms with van der Waals surface area (Å²) in [7, 11) is 0. The molecule has 1 N–H and O–H groups in total. The van der Waals surface area contributed by atoms with Crippen molar-refractivity contribution < 1.29 is 4.79 Å². The van der Waals surface area contributed by atoms with Gasteiger partial charge < -0.3 is 5.32 Å². The van der Waals surface area contributed by atoms with Gasteiger partial charge in [-0.1, -0.05) is 54.1 Å². The minimum atomic E-state index is -0.554. The van der Waals surface area contributed by atoms with Crippen LogP contribution < -0.4 is 16.6 Å². The molecular formula is C23H18ClN3O3. The molecule has 150 valence electrons. The van der Waals surface area contributed by atoms with Crippen molar-refractivity contribution in [1.29, 1.82) is 0 Å². The van der Waals surface area contributed by atoms with Gasteiger partial charge in [-0.3, -0.25) is 18.7 Å². The number of nitrogens with zero attached hydrogens (tertiary/aromatic N) is 2. The number of benzene rings is 3. The Labute approximate surface area is 177 Å². The van der Waals surface area contributed by atoms with Crippen LogP contribution in [0, 0.1) is 0 Å². The van der Waals surface area contributed by atoms with Crippen molar-refractivity contribution in [3.05, 3.63) is 110 Å². The van der Waals surface area contributed by atoms with Gasteiger partial charge in [0.05, 0.1) is 17.4 Å². The number of carbonyl (C=O) groups is 1. The topological polar surface area (TPSA) is 73.1 Å². The summed E-state index contributed by atoms with van der Waals surface area (Å²) in [5.41, 5.74) is 0.805. The number of nitrogens with one attached hydrogen (secondary N) is 1. The molecule has 0 unspecified atom stereocenters. The molecule has 3 aromatic carbocycles.